The number of para-hydroxylation sites is 2. The quantitative estimate of drug-likeness (QED) is 0.559. The first kappa shape index (κ1) is 22.1. The summed E-state index contributed by atoms with van der Waals surface area (Å²) in [6.07, 6.45) is 0. The molecule has 0 aliphatic carbocycles. The largest absolute Gasteiger partial charge is 0.335 e. The van der Waals surface area contributed by atoms with Crippen LogP contribution in [0.1, 0.15) is 25.0 Å². The minimum absolute atomic E-state index is 0. The maximum Gasteiger partial charge on any atom is 0.173 e. The Morgan fingerprint density at radius 2 is 1.86 bits per heavy atom. The number of nitrogens with one attached hydrogen (secondary N) is 1. The van der Waals surface area contributed by atoms with E-state index in [1.807, 2.05) is 0 Å². The number of halogens is 2. The summed E-state index contributed by atoms with van der Waals surface area (Å²) < 4.78 is 0. The Kier molecular flexibility index (Phi) is 6.58. The second-order valence-corrected chi connectivity index (χ2v) is 9.03. The Bertz CT molecular complexity index is 1020. The van der Waals surface area contributed by atoms with Gasteiger partial charge in [0.25, 0.3) is 0 Å². The summed E-state index contributed by atoms with van der Waals surface area (Å²) in [6.45, 7) is 5.30. The fourth-order valence-electron chi connectivity index (χ4n) is 3.75. The number of rotatable bonds is 2. The van der Waals surface area contributed by atoms with E-state index in [1.54, 1.807) is 23.5 Å². The number of aliphatic imine (C=N–C) groups is 2. The maximum absolute atomic E-state index is 4.88. The van der Waals surface area contributed by atoms with Crippen LogP contribution in [0.4, 0.5) is 11.4 Å². The van der Waals surface area contributed by atoms with Crippen molar-refractivity contribution in [1.82, 2.24) is 4.90 Å². The molecule has 29 heavy (non-hydrogen) atoms. The average molecular weight is 465 g/mol. The zero-order chi connectivity index (χ0) is 18.4. The highest BCUT2D eigenvalue weighted by atomic mass is 35.5. The number of anilines is 1. The van der Waals surface area contributed by atoms with Crippen molar-refractivity contribution < 1.29 is 0 Å². The first-order valence-corrected chi connectivity index (χ1v) is 10.9. The Hall–Kier alpha value is -1.60. The van der Waals surface area contributed by atoms with Crippen LogP contribution in [0, 0.1) is 0 Å². The molecule has 8 heteroatoms. The van der Waals surface area contributed by atoms with Crippen LogP contribution in [0.25, 0.3) is 0 Å². The molecule has 0 radical (unpaired) electrons. The second kappa shape index (κ2) is 8.64. The molecule has 152 valence electrons. The standard InChI is InChI=1S/C21H20N4S2.2ClH/c1-21(2)16-8-4-6-10-18(16)24-20-25(21)15(13-27-20)12-26-19-22-11-14-7-3-5-9-17(14)23-19;;/h3-10,13H,11-12H2,1-2H3,(H,22,23);2*1H. The van der Waals surface area contributed by atoms with Crippen LogP contribution in [-0.4, -0.2) is 21.0 Å². The summed E-state index contributed by atoms with van der Waals surface area (Å²) in [5.74, 6) is 0.867. The van der Waals surface area contributed by atoms with E-state index in [4.69, 9.17) is 9.98 Å². The predicted octanol–water partition coefficient (Wildman–Crippen LogP) is 6.37. The van der Waals surface area contributed by atoms with Crippen molar-refractivity contribution in [2.24, 2.45) is 9.98 Å². The van der Waals surface area contributed by atoms with Crippen LogP contribution in [0.15, 0.2) is 69.6 Å². The molecule has 0 spiro atoms. The van der Waals surface area contributed by atoms with Crippen molar-refractivity contribution in [2.45, 2.75) is 25.9 Å². The van der Waals surface area contributed by atoms with Gasteiger partial charge in [-0.05, 0) is 37.0 Å². The first-order chi connectivity index (χ1) is 13.1. The SMILES string of the molecule is CC1(C)c2ccccc2N=C2SC=C(CSC3=NCc4ccccc4N3)N21.Cl.Cl. The van der Waals surface area contributed by atoms with Crippen molar-refractivity contribution in [3.05, 3.63) is 70.8 Å². The molecule has 5 rings (SSSR count). The van der Waals surface area contributed by atoms with E-state index >= 15 is 0 Å². The number of amidine groups is 2. The van der Waals surface area contributed by atoms with Gasteiger partial charge in [0.1, 0.15) is 0 Å². The van der Waals surface area contributed by atoms with Crippen molar-refractivity contribution in [1.29, 1.82) is 0 Å². The van der Waals surface area contributed by atoms with Crippen LogP contribution in [0.5, 0.6) is 0 Å². The zero-order valence-electron chi connectivity index (χ0n) is 16.1. The molecule has 0 unspecified atom stereocenters. The molecule has 3 aliphatic heterocycles. The first-order valence-electron chi connectivity index (χ1n) is 8.99. The predicted molar refractivity (Wildman–Crippen MR) is 132 cm³/mol. The van der Waals surface area contributed by atoms with Crippen LogP contribution in [-0.2, 0) is 12.1 Å². The van der Waals surface area contributed by atoms with E-state index in [2.05, 4.69) is 78.0 Å². The molecule has 0 saturated carbocycles. The van der Waals surface area contributed by atoms with Gasteiger partial charge in [0.05, 0.1) is 17.8 Å². The number of benzene rings is 2. The van der Waals surface area contributed by atoms with Crippen molar-refractivity contribution in [2.75, 3.05) is 11.1 Å². The number of fused-ring (bicyclic) bond motifs is 3. The topological polar surface area (TPSA) is 40.0 Å². The van der Waals surface area contributed by atoms with Crippen LogP contribution in [0.2, 0.25) is 0 Å². The lowest BCUT2D eigenvalue weighted by molar-refractivity contribution is 0.272. The fraction of sp³-hybridized carbons (Fsp3) is 0.238. The Morgan fingerprint density at radius 3 is 2.72 bits per heavy atom. The molecule has 0 bridgehead atoms. The van der Waals surface area contributed by atoms with Gasteiger partial charge < -0.3 is 10.2 Å². The molecule has 3 aliphatic rings. The number of thioether (sulfide) groups is 2. The molecule has 0 aromatic heterocycles. The fourth-order valence-corrected chi connectivity index (χ4v) is 5.72. The zero-order valence-corrected chi connectivity index (χ0v) is 19.4. The molecule has 4 nitrogen and oxygen atoms in total. The van der Waals surface area contributed by atoms with E-state index in [-0.39, 0.29) is 30.4 Å². The van der Waals surface area contributed by atoms with E-state index in [1.165, 1.54) is 22.5 Å². The summed E-state index contributed by atoms with van der Waals surface area (Å²) in [5.41, 5.74) is 5.94. The summed E-state index contributed by atoms with van der Waals surface area (Å²) in [7, 11) is 0. The van der Waals surface area contributed by atoms with Crippen molar-refractivity contribution >= 4 is 70.0 Å². The third kappa shape index (κ3) is 3.91. The molecule has 0 atom stereocenters. The minimum atomic E-state index is -0.113. The summed E-state index contributed by atoms with van der Waals surface area (Å²) >= 11 is 3.47. The molecule has 2 aromatic carbocycles. The van der Waals surface area contributed by atoms with Gasteiger partial charge >= 0.3 is 0 Å². The lowest BCUT2D eigenvalue weighted by Crippen LogP contribution is -2.44. The minimum Gasteiger partial charge on any atom is -0.335 e. The van der Waals surface area contributed by atoms with Gasteiger partial charge in [-0.3, -0.25) is 4.99 Å². The van der Waals surface area contributed by atoms with Gasteiger partial charge in [-0.15, -0.1) is 24.8 Å². The second-order valence-electron chi connectivity index (χ2n) is 7.23. The van der Waals surface area contributed by atoms with E-state index < -0.39 is 0 Å². The average Bonchev–Trinajstić information content (AvgIpc) is 3.10. The van der Waals surface area contributed by atoms with Gasteiger partial charge in [0.15, 0.2) is 10.3 Å². The monoisotopic (exact) mass is 464 g/mol. The van der Waals surface area contributed by atoms with E-state index in [9.17, 15) is 0 Å². The maximum atomic E-state index is 4.88. The van der Waals surface area contributed by atoms with Crippen LogP contribution in [0.3, 0.4) is 0 Å². The summed E-state index contributed by atoms with van der Waals surface area (Å²) in [4.78, 5) is 11.9. The van der Waals surface area contributed by atoms with E-state index in [0.717, 1.165) is 28.3 Å². The third-order valence-corrected chi connectivity index (χ3v) is 6.95. The number of hydrogen-bond donors (Lipinski definition) is 1. The van der Waals surface area contributed by atoms with Gasteiger partial charge in [0, 0.05) is 22.7 Å². The summed E-state index contributed by atoms with van der Waals surface area (Å²) in [6, 6.07) is 16.8. The molecular weight excluding hydrogens is 443 g/mol. The van der Waals surface area contributed by atoms with Gasteiger partial charge in [-0.2, -0.15) is 0 Å². The molecule has 3 heterocycles. The highest BCUT2D eigenvalue weighted by Gasteiger charge is 2.41. The highest BCUT2D eigenvalue weighted by Crippen LogP contribution is 2.47. The van der Waals surface area contributed by atoms with Gasteiger partial charge in [0.2, 0.25) is 0 Å². The Morgan fingerprint density at radius 1 is 1.10 bits per heavy atom. The molecule has 0 saturated heterocycles. The van der Waals surface area contributed by atoms with Crippen molar-refractivity contribution in [3.63, 3.8) is 0 Å². The number of nitrogens with zero attached hydrogens (tertiary/aromatic N) is 3. The summed E-state index contributed by atoms with van der Waals surface area (Å²) in [5, 5.41) is 7.75. The molecular formula is C21H22Cl2N4S2. The normalized spacial score (nSPS) is 17.9. The highest BCUT2D eigenvalue weighted by molar-refractivity contribution is 8.17. The third-order valence-electron chi connectivity index (χ3n) is 5.13. The van der Waals surface area contributed by atoms with E-state index in [0.29, 0.717) is 0 Å². The Balaban J connectivity index is 0.00000120. The lowest BCUT2D eigenvalue weighted by atomic mass is 9.89. The smallest absolute Gasteiger partial charge is 0.173 e. The lowest BCUT2D eigenvalue weighted by Gasteiger charge is -2.42. The van der Waals surface area contributed by atoms with Crippen LogP contribution >= 0.6 is 48.3 Å². The Labute approximate surface area is 192 Å². The van der Waals surface area contributed by atoms with Gasteiger partial charge in [-0.25, -0.2) is 4.99 Å². The molecule has 0 amide bonds. The molecule has 1 N–H and O–H groups in total. The molecule has 0 fully saturated rings. The number of hydrogen-bond acceptors (Lipinski definition) is 6. The molecule has 2 aromatic rings. The van der Waals surface area contributed by atoms with Gasteiger partial charge in [-0.1, -0.05) is 59.9 Å². The van der Waals surface area contributed by atoms with Crippen LogP contribution < -0.4 is 5.32 Å². The van der Waals surface area contributed by atoms with Crippen molar-refractivity contribution in [3.8, 4) is 0 Å².